The van der Waals surface area contributed by atoms with E-state index >= 15 is 0 Å². The summed E-state index contributed by atoms with van der Waals surface area (Å²) in [5.74, 6) is 0.599. The van der Waals surface area contributed by atoms with E-state index in [1.54, 1.807) is 18.2 Å². The minimum atomic E-state index is -0.496. The lowest BCUT2D eigenvalue weighted by molar-refractivity contribution is 0.0940. The van der Waals surface area contributed by atoms with E-state index in [4.69, 9.17) is 22.1 Å². The monoisotopic (exact) mass is 255 g/mol. The van der Waals surface area contributed by atoms with Gasteiger partial charge in [-0.3, -0.25) is 4.79 Å². The van der Waals surface area contributed by atoms with E-state index in [1.165, 1.54) is 0 Å². The molecule has 0 heterocycles. The van der Waals surface area contributed by atoms with Crippen LogP contribution < -0.4 is 10.5 Å². The predicted molar refractivity (Wildman–Crippen MR) is 69.8 cm³/mol. The molecule has 1 aromatic carbocycles. The number of ketones is 1. The number of hydrogen-bond donors (Lipinski definition) is 1. The maximum atomic E-state index is 12.0. The van der Waals surface area contributed by atoms with Crippen LogP contribution in [0.3, 0.4) is 0 Å². The zero-order chi connectivity index (χ0) is 13.0. The van der Waals surface area contributed by atoms with Crippen LogP contribution in [0.1, 0.15) is 31.1 Å². The van der Waals surface area contributed by atoms with Crippen LogP contribution in [-0.4, -0.2) is 18.4 Å². The van der Waals surface area contributed by atoms with Crippen LogP contribution in [0.15, 0.2) is 18.2 Å². The molecule has 2 N–H and O–H groups in total. The van der Waals surface area contributed by atoms with Crippen molar-refractivity contribution in [3.05, 3.63) is 28.8 Å². The number of carbonyl (C=O) groups excluding carboxylic acids is 1. The molecule has 0 spiro atoms. The van der Waals surface area contributed by atoms with Gasteiger partial charge >= 0.3 is 0 Å². The molecule has 0 amide bonds. The second-order valence-corrected chi connectivity index (χ2v) is 4.62. The summed E-state index contributed by atoms with van der Waals surface area (Å²) in [4.78, 5) is 12.0. The number of carbonyl (C=O) groups is 1. The molecule has 17 heavy (non-hydrogen) atoms. The second-order valence-electron chi connectivity index (χ2n) is 4.21. The Morgan fingerprint density at radius 3 is 2.59 bits per heavy atom. The number of benzene rings is 1. The van der Waals surface area contributed by atoms with E-state index in [9.17, 15) is 4.79 Å². The average Bonchev–Trinajstić information content (AvgIpc) is 2.30. The van der Waals surface area contributed by atoms with Crippen molar-refractivity contribution < 1.29 is 9.53 Å². The fourth-order valence-electron chi connectivity index (χ4n) is 1.42. The smallest absolute Gasteiger partial charge is 0.179 e. The van der Waals surface area contributed by atoms with Gasteiger partial charge in [0.05, 0.1) is 17.7 Å². The van der Waals surface area contributed by atoms with Gasteiger partial charge in [-0.25, -0.2) is 0 Å². The average molecular weight is 256 g/mol. The molecule has 0 bridgehead atoms. The molecule has 0 aliphatic rings. The lowest BCUT2D eigenvalue weighted by atomic mass is 9.96. The second kappa shape index (κ2) is 6.03. The van der Waals surface area contributed by atoms with E-state index in [0.717, 1.165) is 0 Å². The Morgan fingerprint density at radius 1 is 1.47 bits per heavy atom. The quantitative estimate of drug-likeness (QED) is 0.823. The van der Waals surface area contributed by atoms with Crippen molar-refractivity contribution in [2.75, 3.05) is 6.61 Å². The molecule has 0 aliphatic heterocycles. The highest BCUT2D eigenvalue weighted by Gasteiger charge is 2.19. The summed E-state index contributed by atoms with van der Waals surface area (Å²) < 4.78 is 5.30. The fourth-order valence-corrected chi connectivity index (χ4v) is 1.66. The molecular formula is C13H18ClNO2. The normalized spacial score (nSPS) is 12.6. The summed E-state index contributed by atoms with van der Waals surface area (Å²) in [5.41, 5.74) is 6.34. The molecule has 0 fully saturated rings. The molecule has 1 rings (SSSR count). The lowest BCUT2D eigenvalue weighted by Crippen LogP contribution is -2.35. The van der Waals surface area contributed by atoms with Crippen LogP contribution in [-0.2, 0) is 0 Å². The topological polar surface area (TPSA) is 52.3 Å². The maximum absolute atomic E-state index is 12.0. The molecule has 4 heteroatoms. The summed E-state index contributed by atoms with van der Waals surface area (Å²) >= 11 is 6.02. The van der Waals surface area contributed by atoms with Gasteiger partial charge in [-0.1, -0.05) is 25.4 Å². The van der Waals surface area contributed by atoms with Crippen molar-refractivity contribution in [2.24, 2.45) is 11.7 Å². The third-order valence-electron chi connectivity index (χ3n) is 2.54. The molecule has 3 nitrogen and oxygen atoms in total. The molecule has 1 atom stereocenters. The molecule has 1 unspecified atom stereocenters. The number of Topliss-reactive ketones (excluding diaryl/α,β-unsaturated/α-hetero) is 1. The first-order valence-corrected chi connectivity index (χ1v) is 6.07. The van der Waals surface area contributed by atoms with Gasteiger partial charge in [0.1, 0.15) is 5.75 Å². The van der Waals surface area contributed by atoms with Crippen LogP contribution in [0.4, 0.5) is 0 Å². The van der Waals surface area contributed by atoms with Crippen molar-refractivity contribution in [3.8, 4) is 5.75 Å². The van der Waals surface area contributed by atoms with E-state index in [1.807, 2.05) is 20.8 Å². The molecule has 0 aromatic heterocycles. The molecular weight excluding hydrogens is 238 g/mol. The Bertz CT molecular complexity index is 404. The molecule has 0 saturated carbocycles. The largest absolute Gasteiger partial charge is 0.492 e. The molecule has 94 valence electrons. The zero-order valence-electron chi connectivity index (χ0n) is 10.4. The van der Waals surface area contributed by atoms with Crippen molar-refractivity contribution >= 4 is 17.4 Å². The van der Waals surface area contributed by atoms with Gasteiger partial charge in [0.25, 0.3) is 0 Å². The Balaban J connectivity index is 2.93. The molecule has 1 aromatic rings. The minimum absolute atomic E-state index is 0.0926. The summed E-state index contributed by atoms with van der Waals surface area (Å²) in [6.07, 6.45) is 0. The summed E-state index contributed by atoms with van der Waals surface area (Å²) in [6, 6.07) is 4.51. The Labute approximate surface area is 107 Å². The maximum Gasteiger partial charge on any atom is 0.179 e. The first kappa shape index (κ1) is 14.0. The van der Waals surface area contributed by atoms with E-state index in [0.29, 0.717) is 22.9 Å². The highest BCUT2D eigenvalue weighted by Crippen LogP contribution is 2.26. The number of ether oxygens (including phenoxy) is 1. The van der Waals surface area contributed by atoms with Gasteiger partial charge in [0.15, 0.2) is 5.78 Å². The van der Waals surface area contributed by atoms with Crippen LogP contribution in [0, 0.1) is 5.92 Å². The Kier molecular flexibility index (Phi) is 4.97. The highest BCUT2D eigenvalue weighted by molar-refractivity contribution is 6.32. The lowest BCUT2D eigenvalue weighted by Gasteiger charge is -2.15. The van der Waals surface area contributed by atoms with Gasteiger partial charge in [0, 0.05) is 5.56 Å². The number of halogens is 1. The van der Waals surface area contributed by atoms with Gasteiger partial charge in [-0.05, 0) is 31.0 Å². The third kappa shape index (κ3) is 3.45. The van der Waals surface area contributed by atoms with E-state index in [2.05, 4.69) is 0 Å². The SMILES string of the molecule is CCOc1ccc(C(=O)C(N)C(C)C)cc1Cl. The number of hydrogen-bond acceptors (Lipinski definition) is 3. The zero-order valence-corrected chi connectivity index (χ0v) is 11.1. The third-order valence-corrected chi connectivity index (χ3v) is 2.83. The van der Waals surface area contributed by atoms with Crippen LogP contribution in [0.2, 0.25) is 5.02 Å². The standard InChI is InChI=1S/C13H18ClNO2/c1-4-17-11-6-5-9(7-10(11)14)13(16)12(15)8(2)3/h5-8,12H,4,15H2,1-3H3. The van der Waals surface area contributed by atoms with Crippen molar-refractivity contribution in [3.63, 3.8) is 0 Å². The van der Waals surface area contributed by atoms with Crippen molar-refractivity contribution in [1.82, 2.24) is 0 Å². The van der Waals surface area contributed by atoms with Gasteiger partial charge in [0.2, 0.25) is 0 Å². The van der Waals surface area contributed by atoms with Gasteiger partial charge in [-0.2, -0.15) is 0 Å². The Morgan fingerprint density at radius 2 is 2.12 bits per heavy atom. The van der Waals surface area contributed by atoms with Crippen molar-refractivity contribution in [2.45, 2.75) is 26.8 Å². The van der Waals surface area contributed by atoms with Crippen molar-refractivity contribution in [1.29, 1.82) is 0 Å². The first-order valence-electron chi connectivity index (χ1n) is 5.69. The number of nitrogens with two attached hydrogens (primary N) is 1. The fraction of sp³-hybridized carbons (Fsp3) is 0.462. The number of rotatable bonds is 5. The van der Waals surface area contributed by atoms with Gasteiger partial charge in [-0.15, -0.1) is 0 Å². The van der Waals surface area contributed by atoms with E-state index < -0.39 is 6.04 Å². The van der Waals surface area contributed by atoms with Crippen LogP contribution >= 0.6 is 11.6 Å². The summed E-state index contributed by atoms with van der Waals surface area (Å²) in [6.45, 7) is 6.25. The molecule has 0 radical (unpaired) electrons. The van der Waals surface area contributed by atoms with E-state index in [-0.39, 0.29) is 11.7 Å². The summed E-state index contributed by atoms with van der Waals surface area (Å²) in [7, 11) is 0. The Hall–Kier alpha value is -1.06. The van der Waals surface area contributed by atoms with Crippen LogP contribution in [0.5, 0.6) is 5.75 Å². The summed E-state index contributed by atoms with van der Waals surface area (Å²) in [5, 5.41) is 0.439. The van der Waals surface area contributed by atoms with Crippen LogP contribution in [0.25, 0.3) is 0 Å². The molecule has 0 aliphatic carbocycles. The van der Waals surface area contributed by atoms with Gasteiger partial charge < -0.3 is 10.5 Å². The highest BCUT2D eigenvalue weighted by atomic mass is 35.5. The minimum Gasteiger partial charge on any atom is -0.492 e. The molecule has 0 saturated heterocycles. The first-order chi connectivity index (χ1) is 7.97. The predicted octanol–water partition coefficient (Wildman–Crippen LogP) is 2.90.